The fourth-order valence-electron chi connectivity index (χ4n) is 2.25. The van der Waals surface area contributed by atoms with Crippen LogP contribution in [-0.4, -0.2) is 48.6 Å². The van der Waals surface area contributed by atoms with Crippen molar-refractivity contribution >= 4 is 19.0 Å². The topological polar surface area (TPSA) is 97.3 Å². The molecule has 0 saturated carbocycles. The maximum Gasteiger partial charge on any atom is 0.407 e. The summed E-state index contributed by atoms with van der Waals surface area (Å²) >= 11 is 0. The molecule has 2 rings (SSSR count). The van der Waals surface area contributed by atoms with Gasteiger partial charge in [0, 0.05) is 12.5 Å². The molecule has 1 aromatic rings. The van der Waals surface area contributed by atoms with Crippen molar-refractivity contribution in [2.24, 2.45) is 0 Å². The minimum atomic E-state index is -0.599. The van der Waals surface area contributed by atoms with Crippen LogP contribution in [0.3, 0.4) is 0 Å². The summed E-state index contributed by atoms with van der Waals surface area (Å²) in [4.78, 5) is 11.7. The quantitative estimate of drug-likeness (QED) is 0.666. The van der Waals surface area contributed by atoms with Gasteiger partial charge in [-0.15, -0.1) is 0 Å². The highest BCUT2D eigenvalue weighted by atomic mass is 16.6. The van der Waals surface area contributed by atoms with Crippen molar-refractivity contribution < 1.29 is 29.1 Å². The van der Waals surface area contributed by atoms with Gasteiger partial charge < -0.3 is 29.7 Å². The molecule has 7 nitrogen and oxygen atoms in total. The second-order valence-electron chi connectivity index (χ2n) is 6.61. The Labute approximate surface area is 142 Å². The monoisotopic (exact) mass is 336 g/mol. The number of carbonyl (C=O) groups is 1. The summed E-state index contributed by atoms with van der Waals surface area (Å²) in [7, 11) is 1.59. The summed E-state index contributed by atoms with van der Waals surface area (Å²) in [5, 5.41) is 21.7. The molecule has 131 valence electrons. The lowest BCUT2D eigenvalue weighted by Crippen LogP contribution is -2.41. The molecular weight excluding hydrogens is 313 g/mol. The molecule has 0 saturated heterocycles. The second kappa shape index (κ2) is 7.76. The molecule has 0 spiro atoms. The van der Waals surface area contributed by atoms with Crippen molar-refractivity contribution in [3.63, 3.8) is 0 Å². The van der Waals surface area contributed by atoms with Gasteiger partial charge in [-0.1, -0.05) is 0 Å². The minimum Gasteiger partial charge on any atom is -0.508 e. The number of rotatable bonds is 6. The van der Waals surface area contributed by atoms with Gasteiger partial charge in [0.1, 0.15) is 17.1 Å². The van der Waals surface area contributed by atoms with Crippen molar-refractivity contribution in [2.75, 3.05) is 13.2 Å². The van der Waals surface area contributed by atoms with Crippen LogP contribution >= 0.6 is 0 Å². The number of hydrogen-bond donors (Lipinski definition) is 3. The summed E-state index contributed by atoms with van der Waals surface area (Å²) in [5.41, 5.74) is 1.06. The number of hydrogen-bond acceptors (Lipinski definition) is 6. The fourth-order valence-corrected chi connectivity index (χ4v) is 2.25. The number of nitrogens with one attached hydrogen (secondary N) is 1. The number of phenols is 1. The predicted octanol–water partition coefficient (Wildman–Crippen LogP) is 0.821. The smallest absolute Gasteiger partial charge is 0.407 e. The third-order valence-electron chi connectivity index (χ3n) is 3.32. The number of benzene rings is 1. The Balaban J connectivity index is 1.85. The molecule has 1 heterocycles. The Kier molecular flexibility index (Phi) is 5.96. The van der Waals surface area contributed by atoms with E-state index in [0.717, 1.165) is 11.0 Å². The van der Waals surface area contributed by atoms with Crippen LogP contribution in [0.25, 0.3) is 0 Å². The number of amides is 1. The van der Waals surface area contributed by atoms with E-state index >= 15 is 0 Å². The van der Waals surface area contributed by atoms with Gasteiger partial charge in [-0.25, -0.2) is 4.79 Å². The van der Waals surface area contributed by atoms with E-state index in [9.17, 15) is 15.0 Å². The Hall–Kier alpha value is -1.93. The summed E-state index contributed by atoms with van der Waals surface area (Å²) in [5.74, 6) is 0.615. The zero-order valence-corrected chi connectivity index (χ0v) is 14.2. The molecule has 1 unspecified atom stereocenters. The molecular formula is C16H23BNO6. The van der Waals surface area contributed by atoms with Crippen molar-refractivity contribution in [3.8, 4) is 11.5 Å². The molecule has 1 radical (unpaired) electrons. The van der Waals surface area contributed by atoms with E-state index in [-0.39, 0.29) is 19.0 Å². The molecule has 0 fully saturated rings. The van der Waals surface area contributed by atoms with Gasteiger partial charge in [-0.3, -0.25) is 0 Å². The van der Waals surface area contributed by atoms with Gasteiger partial charge in [0.2, 0.25) is 0 Å². The van der Waals surface area contributed by atoms with Crippen molar-refractivity contribution in [1.82, 2.24) is 5.32 Å². The first-order valence-electron chi connectivity index (χ1n) is 7.82. The SMILES string of the molecule is CC(C)(C)OC(=O)NC(CO)CCOc1cc(O)cc2c1[B]OC2. The van der Waals surface area contributed by atoms with Gasteiger partial charge in [0.05, 0.1) is 25.9 Å². The summed E-state index contributed by atoms with van der Waals surface area (Å²) in [6, 6.07) is 2.66. The molecule has 1 aliphatic rings. The Bertz CT molecular complexity index is 587. The zero-order valence-electron chi connectivity index (χ0n) is 14.2. The highest BCUT2D eigenvalue weighted by molar-refractivity contribution is 6.50. The average molecular weight is 336 g/mol. The van der Waals surface area contributed by atoms with E-state index in [1.54, 1.807) is 34.3 Å². The molecule has 0 aliphatic carbocycles. The minimum absolute atomic E-state index is 0.105. The van der Waals surface area contributed by atoms with Crippen LogP contribution in [0.15, 0.2) is 12.1 Å². The van der Waals surface area contributed by atoms with Gasteiger partial charge in [-0.2, -0.15) is 0 Å². The lowest BCUT2D eigenvalue weighted by molar-refractivity contribution is 0.0474. The highest BCUT2D eigenvalue weighted by Crippen LogP contribution is 2.23. The predicted molar refractivity (Wildman–Crippen MR) is 88.6 cm³/mol. The van der Waals surface area contributed by atoms with Crippen LogP contribution in [0, 0.1) is 0 Å². The molecule has 1 aliphatic heterocycles. The molecule has 8 heteroatoms. The van der Waals surface area contributed by atoms with Crippen molar-refractivity contribution in [3.05, 3.63) is 17.7 Å². The Morgan fingerprint density at radius 1 is 1.46 bits per heavy atom. The van der Waals surface area contributed by atoms with Crippen LogP contribution in [-0.2, 0) is 16.0 Å². The van der Waals surface area contributed by atoms with Crippen molar-refractivity contribution in [1.29, 1.82) is 0 Å². The third kappa shape index (κ3) is 5.31. The average Bonchev–Trinajstić information content (AvgIpc) is 2.92. The molecule has 1 atom stereocenters. The molecule has 1 amide bonds. The lowest BCUT2D eigenvalue weighted by atomic mass is 9.86. The molecule has 1 aromatic carbocycles. The zero-order chi connectivity index (χ0) is 17.7. The van der Waals surface area contributed by atoms with E-state index in [1.165, 1.54) is 6.07 Å². The normalized spacial score (nSPS) is 14.5. The molecule has 0 aromatic heterocycles. The highest BCUT2D eigenvalue weighted by Gasteiger charge is 2.21. The number of aromatic hydroxyl groups is 1. The second-order valence-corrected chi connectivity index (χ2v) is 6.61. The van der Waals surface area contributed by atoms with Crippen LogP contribution < -0.4 is 15.5 Å². The number of fused-ring (bicyclic) bond motifs is 1. The first-order valence-corrected chi connectivity index (χ1v) is 7.82. The van der Waals surface area contributed by atoms with Gasteiger partial charge >= 0.3 is 13.6 Å². The molecule has 24 heavy (non-hydrogen) atoms. The summed E-state index contributed by atoms with van der Waals surface area (Å²) < 4.78 is 16.1. The van der Waals surface area contributed by atoms with Crippen LogP contribution in [0.1, 0.15) is 32.8 Å². The van der Waals surface area contributed by atoms with Gasteiger partial charge in [0.25, 0.3) is 0 Å². The first-order chi connectivity index (χ1) is 11.3. The number of ether oxygens (including phenoxy) is 2. The molecule has 3 N–H and O–H groups in total. The standard InChI is InChI=1S/C16H23BNO6/c1-16(2,3)24-15(21)18-11(8-19)4-5-22-13-7-12(20)6-10-9-23-17-14(10)13/h6-7,11,19-20H,4-5,8-9H2,1-3H3,(H,18,21). The van der Waals surface area contributed by atoms with Gasteiger partial charge in [0.15, 0.2) is 0 Å². The maximum absolute atomic E-state index is 11.7. The Morgan fingerprint density at radius 2 is 2.21 bits per heavy atom. The van der Waals surface area contributed by atoms with E-state index in [0.29, 0.717) is 18.8 Å². The lowest BCUT2D eigenvalue weighted by Gasteiger charge is -2.23. The van der Waals surface area contributed by atoms with E-state index in [4.69, 9.17) is 14.1 Å². The summed E-state index contributed by atoms with van der Waals surface area (Å²) in [6.45, 7) is 5.74. The van der Waals surface area contributed by atoms with Crippen molar-refractivity contribution in [2.45, 2.75) is 45.4 Å². The number of aliphatic hydroxyl groups excluding tert-OH is 1. The number of aliphatic hydroxyl groups is 1. The fraction of sp³-hybridized carbons (Fsp3) is 0.562. The maximum atomic E-state index is 11.7. The van der Waals surface area contributed by atoms with Crippen LogP contribution in [0.4, 0.5) is 4.79 Å². The van der Waals surface area contributed by atoms with E-state index in [2.05, 4.69) is 5.32 Å². The van der Waals surface area contributed by atoms with Crippen LogP contribution in [0.2, 0.25) is 0 Å². The van der Waals surface area contributed by atoms with E-state index < -0.39 is 17.7 Å². The summed E-state index contributed by atoms with van der Waals surface area (Å²) in [6.07, 6.45) is -0.192. The number of carbonyl (C=O) groups excluding carboxylic acids is 1. The number of alkyl carbamates (subject to hydrolysis) is 1. The van der Waals surface area contributed by atoms with E-state index in [1.807, 2.05) is 0 Å². The number of phenolic OH excluding ortho intramolecular Hbond substituents is 1. The Morgan fingerprint density at radius 3 is 2.88 bits per heavy atom. The van der Waals surface area contributed by atoms with Crippen LogP contribution in [0.5, 0.6) is 11.5 Å². The third-order valence-corrected chi connectivity index (χ3v) is 3.32. The first kappa shape index (κ1) is 18.4. The van der Waals surface area contributed by atoms with Gasteiger partial charge in [-0.05, 0) is 37.9 Å². The molecule has 0 bridgehead atoms. The largest absolute Gasteiger partial charge is 0.508 e.